The summed E-state index contributed by atoms with van der Waals surface area (Å²) >= 11 is 6.05. The molecule has 1 saturated carbocycles. The van der Waals surface area contributed by atoms with Crippen molar-refractivity contribution in [2.75, 3.05) is 18.0 Å². The summed E-state index contributed by atoms with van der Waals surface area (Å²) in [6.07, 6.45) is 4.11. The number of hydrogen-bond acceptors (Lipinski definition) is 2. The van der Waals surface area contributed by atoms with Crippen LogP contribution in [0.1, 0.15) is 24.8 Å². The molecule has 1 aromatic rings. The van der Waals surface area contributed by atoms with Gasteiger partial charge in [0.2, 0.25) is 5.91 Å². The van der Waals surface area contributed by atoms with Gasteiger partial charge in [0.15, 0.2) is 0 Å². The Bertz CT molecular complexity index is 507. The first-order valence-corrected chi connectivity index (χ1v) is 7.38. The number of benzene rings is 1. The van der Waals surface area contributed by atoms with Crippen molar-refractivity contribution in [2.45, 2.75) is 25.7 Å². The van der Waals surface area contributed by atoms with Crippen molar-refractivity contribution in [2.24, 2.45) is 17.6 Å². The summed E-state index contributed by atoms with van der Waals surface area (Å²) in [7, 11) is 0. The first-order chi connectivity index (χ1) is 9.20. The summed E-state index contributed by atoms with van der Waals surface area (Å²) in [6, 6.07) is 5.83. The molecule has 0 aromatic heterocycles. The van der Waals surface area contributed by atoms with E-state index in [4.69, 9.17) is 17.3 Å². The van der Waals surface area contributed by atoms with Crippen LogP contribution in [0.5, 0.6) is 0 Å². The van der Waals surface area contributed by atoms with E-state index >= 15 is 0 Å². The number of halogens is 2. The SMILES string of the molecule is Cl.NC[C@H]1CCC[C@H]1C(=O)N1CCc2ccc(Cl)cc21. The average molecular weight is 315 g/mol. The van der Waals surface area contributed by atoms with E-state index < -0.39 is 0 Å². The maximum absolute atomic E-state index is 12.7. The van der Waals surface area contributed by atoms with Crippen molar-refractivity contribution >= 4 is 35.6 Å². The number of anilines is 1. The fraction of sp³-hybridized carbons (Fsp3) is 0.533. The number of carbonyl (C=O) groups is 1. The molecule has 0 unspecified atom stereocenters. The van der Waals surface area contributed by atoms with Crippen LogP contribution in [0.3, 0.4) is 0 Å². The second-order valence-electron chi connectivity index (χ2n) is 5.55. The lowest BCUT2D eigenvalue weighted by Gasteiger charge is -2.24. The predicted molar refractivity (Wildman–Crippen MR) is 84.6 cm³/mol. The van der Waals surface area contributed by atoms with Crippen LogP contribution in [0.2, 0.25) is 5.02 Å². The first kappa shape index (κ1) is 15.6. The lowest BCUT2D eigenvalue weighted by Crippen LogP contribution is -2.38. The standard InChI is InChI=1S/C15H19ClN2O.ClH/c16-12-5-4-10-6-7-18(14(10)8-12)15(19)13-3-1-2-11(13)9-17;/h4-5,8,11,13H,1-3,6-7,9,17H2;1H/t11-,13-;/m1./s1. The Morgan fingerprint density at radius 1 is 1.40 bits per heavy atom. The van der Waals surface area contributed by atoms with Crippen LogP contribution in [-0.2, 0) is 11.2 Å². The zero-order valence-electron chi connectivity index (χ0n) is 11.3. The molecular weight excluding hydrogens is 295 g/mol. The summed E-state index contributed by atoms with van der Waals surface area (Å²) in [4.78, 5) is 14.6. The van der Waals surface area contributed by atoms with Crippen molar-refractivity contribution < 1.29 is 4.79 Å². The van der Waals surface area contributed by atoms with Crippen molar-refractivity contribution in [3.63, 3.8) is 0 Å². The largest absolute Gasteiger partial charge is 0.330 e. The van der Waals surface area contributed by atoms with Gasteiger partial charge in [0.05, 0.1) is 0 Å². The van der Waals surface area contributed by atoms with Crippen LogP contribution >= 0.6 is 24.0 Å². The smallest absolute Gasteiger partial charge is 0.230 e. The number of fused-ring (bicyclic) bond motifs is 1. The molecule has 1 fully saturated rings. The maximum atomic E-state index is 12.7. The molecule has 1 aromatic carbocycles. The highest BCUT2D eigenvalue weighted by molar-refractivity contribution is 6.31. The fourth-order valence-corrected chi connectivity index (χ4v) is 3.59. The third kappa shape index (κ3) is 2.67. The van der Waals surface area contributed by atoms with Gasteiger partial charge in [-0.1, -0.05) is 24.1 Å². The second-order valence-corrected chi connectivity index (χ2v) is 5.98. The molecule has 1 amide bonds. The third-order valence-corrected chi connectivity index (χ3v) is 4.72. The molecule has 2 N–H and O–H groups in total. The minimum Gasteiger partial charge on any atom is -0.330 e. The number of nitrogens with two attached hydrogens (primary N) is 1. The van der Waals surface area contributed by atoms with Gasteiger partial charge in [0.25, 0.3) is 0 Å². The Morgan fingerprint density at radius 3 is 2.95 bits per heavy atom. The van der Waals surface area contributed by atoms with E-state index in [1.54, 1.807) is 0 Å². The van der Waals surface area contributed by atoms with Gasteiger partial charge < -0.3 is 10.6 Å². The number of hydrogen-bond donors (Lipinski definition) is 1. The molecule has 0 spiro atoms. The molecular formula is C15H20Cl2N2O. The summed E-state index contributed by atoms with van der Waals surface area (Å²) < 4.78 is 0. The van der Waals surface area contributed by atoms with Gasteiger partial charge in [-0.05, 0) is 49.4 Å². The summed E-state index contributed by atoms with van der Waals surface area (Å²) in [5, 5.41) is 0.695. The molecule has 3 rings (SSSR count). The molecule has 2 aliphatic rings. The van der Waals surface area contributed by atoms with E-state index in [2.05, 4.69) is 0 Å². The highest BCUT2D eigenvalue weighted by Crippen LogP contribution is 2.37. The van der Waals surface area contributed by atoms with E-state index in [9.17, 15) is 4.79 Å². The molecule has 20 heavy (non-hydrogen) atoms. The Balaban J connectivity index is 0.00000147. The van der Waals surface area contributed by atoms with Crippen LogP contribution in [-0.4, -0.2) is 19.0 Å². The normalized spacial score (nSPS) is 24.4. The summed E-state index contributed by atoms with van der Waals surface area (Å²) in [6.45, 7) is 1.40. The van der Waals surface area contributed by atoms with Gasteiger partial charge in [-0.15, -0.1) is 12.4 Å². The molecule has 3 nitrogen and oxygen atoms in total. The van der Waals surface area contributed by atoms with Crippen molar-refractivity contribution in [1.82, 2.24) is 0 Å². The van der Waals surface area contributed by atoms with E-state index in [0.717, 1.165) is 37.9 Å². The van der Waals surface area contributed by atoms with Crippen molar-refractivity contribution in [3.05, 3.63) is 28.8 Å². The van der Waals surface area contributed by atoms with E-state index in [0.29, 0.717) is 17.5 Å². The average Bonchev–Trinajstić information content (AvgIpc) is 3.03. The first-order valence-electron chi connectivity index (χ1n) is 7.00. The third-order valence-electron chi connectivity index (χ3n) is 4.49. The summed E-state index contributed by atoms with van der Waals surface area (Å²) in [5.41, 5.74) is 8.01. The number of amides is 1. The molecule has 5 heteroatoms. The van der Waals surface area contributed by atoms with E-state index in [-0.39, 0.29) is 24.2 Å². The monoisotopic (exact) mass is 314 g/mol. The number of carbonyl (C=O) groups excluding carboxylic acids is 1. The highest BCUT2D eigenvalue weighted by Gasteiger charge is 2.37. The number of rotatable bonds is 2. The molecule has 1 aliphatic carbocycles. The Labute approximate surface area is 130 Å². The Morgan fingerprint density at radius 2 is 2.20 bits per heavy atom. The van der Waals surface area contributed by atoms with Gasteiger partial charge in [0.1, 0.15) is 0 Å². The lowest BCUT2D eigenvalue weighted by atomic mass is 9.94. The van der Waals surface area contributed by atoms with Gasteiger partial charge in [-0.25, -0.2) is 0 Å². The van der Waals surface area contributed by atoms with Gasteiger partial charge in [0, 0.05) is 23.2 Å². The zero-order valence-corrected chi connectivity index (χ0v) is 12.9. The quantitative estimate of drug-likeness (QED) is 0.912. The molecule has 1 heterocycles. The predicted octanol–water partition coefficient (Wildman–Crippen LogP) is 3.03. The van der Waals surface area contributed by atoms with Gasteiger partial charge in [-0.2, -0.15) is 0 Å². The van der Waals surface area contributed by atoms with Crippen LogP contribution in [0.25, 0.3) is 0 Å². The molecule has 110 valence electrons. The molecule has 1 aliphatic heterocycles. The van der Waals surface area contributed by atoms with Crippen molar-refractivity contribution in [1.29, 1.82) is 0 Å². The fourth-order valence-electron chi connectivity index (χ4n) is 3.43. The molecule has 0 bridgehead atoms. The molecule has 0 saturated heterocycles. The minimum absolute atomic E-state index is 0. The van der Waals surface area contributed by atoms with Gasteiger partial charge in [-0.3, -0.25) is 4.79 Å². The van der Waals surface area contributed by atoms with Crippen LogP contribution < -0.4 is 10.6 Å². The zero-order chi connectivity index (χ0) is 13.4. The van der Waals surface area contributed by atoms with E-state index in [1.165, 1.54) is 5.56 Å². The Kier molecular flexibility index (Phi) is 4.95. The lowest BCUT2D eigenvalue weighted by molar-refractivity contribution is -0.123. The highest BCUT2D eigenvalue weighted by atomic mass is 35.5. The van der Waals surface area contributed by atoms with Crippen molar-refractivity contribution in [3.8, 4) is 0 Å². The topological polar surface area (TPSA) is 46.3 Å². The second kappa shape index (κ2) is 6.33. The minimum atomic E-state index is 0. The Hall–Kier alpha value is -0.770. The molecule has 0 radical (unpaired) electrons. The summed E-state index contributed by atoms with van der Waals surface area (Å²) in [5.74, 6) is 0.708. The van der Waals surface area contributed by atoms with Crippen LogP contribution in [0.15, 0.2) is 18.2 Å². The van der Waals surface area contributed by atoms with Crippen LogP contribution in [0, 0.1) is 11.8 Å². The maximum Gasteiger partial charge on any atom is 0.230 e. The van der Waals surface area contributed by atoms with Gasteiger partial charge >= 0.3 is 0 Å². The van der Waals surface area contributed by atoms with Crippen LogP contribution in [0.4, 0.5) is 5.69 Å². The van der Waals surface area contributed by atoms with E-state index in [1.807, 2.05) is 23.1 Å². The molecule has 2 atom stereocenters. The number of nitrogens with zero attached hydrogens (tertiary/aromatic N) is 1.